The van der Waals surface area contributed by atoms with Gasteiger partial charge in [0.25, 0.3) is 0 Å². The van der Waals surface area contributed by atoms with Gasteiger partial charge < -0.3 is 0 Å². The van der Waals surface area contributed by atoms with Gasteiger partial charge in [0.1, 0.15) is 0 Å². The van der Waals surface area contributed by atoms with E-state index in [-0.39, 0.29) is 0 Å². The Bertz CT molecular complexity index is 2800. The first kappa shape index (κ1) is 31.3. The number of aromatic nitrogens is 2. The van der Waals surface area contributed by atoms with Crippen LogP contribution in [0.1, 0.15) is 5.56 Å². The Morgan fingerprint density at radius 2 is 0.704 bits per heavy atom. The molecule has 0 saturated heterocycles. The van der Waals surface area contributed by atoms with E-state index in [1.807, 2.05) is 48.5 Å². The van der Waals surface area contributed by atoms with Crippen LogP contribution >= 0.6 is 0 Å². The van der Waals surface area contributed by atoms with Crippen molar-refractivity contribution in [3.63, 3.8) is 0 Å². The summed E-state index contributed by atoms with van der Waals surface area (Å²) >= 11 is 0. The molecule has 3 heteroatoms. The molecule has 1 heterocycles. The van der Waals surface area contributed by atoms with Crippen molar-refractivity contribution in [2.75, 3.05) is 0 Å². The average molecular weight is 686 g/mol. The molecule has 1 aliphatic carbocycles. The van der Waals surface area contributed by atoms with Gasteiger partial charge in [-0.05, 0) is 84.6 Å². The van der Waals surface area contributed by atoms with Gasteiger partial charge in [0.05, 0.1) is 23.0 Å². The van der Waals surface area contributed by atoms with Crippen LogP contribution in [0.25, 0.3) is 100 Å². The van der Waals surface area contributed by atoms with Gasteiger partial charge in [-0.25, -0.2) is 9.97 Å². The second-order valence-electron chi connectivity index (χ2n) is 13.7. The smallest absolute Gasteiger partial charge is 0.160 e. The first-order valence-electron chi connectivity index (χ1n) is 18.1. The Kier molecular flexibility index (Phi) is 7.53. The van der Waals surface area contributed by atoms with Crippen molar-refractivity contribution in [1.29, 1.82) is 5.26 Å². The number of benzene rings is 8. The summed E-state index contributed by atoms with van der Waals surface area (Å²) < 4.78 is 0. The monoisotopic (exact) mass is 685 g/mol. The summed E-state index contributed by atoms with van der Waals surface area (Å²) in [4.78, 5) is 9.96. The Morgan fingerprint density at radius 1 is 0.315 bits per heavy atom. The van der Waals surface area contributed by atoms with Crippen LogP contribution < -0.4 is 0 Å². The van der Waals surface area contributed by atoms with Crippen molar-refractivity contribution in [3.05, 3.63) is 194 Å². The number of fused-ring (bicyclic) bond motifs is 3. The lowest BCUT2D eigenvalue weighted by atomic mass is 9.88. The zero-order valence-electron chi connectivity index (χ0n) is 29.2. The summed E-state index contributed by atoms with van der Waals surface area (Å²) in [6.07, 6.45) is 0. The predicted octanol–water partition coefficient (Wildman–Crippen LogP) is 13.2. The predicted molar refractivity (Wildman–Crippen MR) is 221 cm³/mol. The third kappa shape index (κ3) is 5.37. The molecule has 8 aromatic carbocycles. The third-order valence-corrected chi connectivity index (χ3v) is 10.5. The summed E-state index contributed by atoms with van der Waals surface area (Å²) in [6.45, 7) is 0. The fourth-order valence-corrected chi connectivity index (χ4v) is 7.85. The molecule has 1 aliphatic rings. The third-order valence-electron chi connectivity index (χ3n) is 10.5. The standard InChI is InChI=1S/C51H31N3/c52-32-33-15-17-36(18-16-33)41-27-29-45-43-13-7-8-14-44(43)46-30-28-42(49(41)50(45)46)37-23-19-34(20-24-37)35-21-25-39(26-22-35)48-31-47(38-9-3-1-4-10-38)53-51(54-48)40-11-5-2-6-12-40/h1-31H. The Labute approximate surface area is 314 Å². The maximum atomic E-state index is 9.46. The van der Waals surface area contributed by atoms with Crippen LogP contribution in [-0.2, 0) is 0 Å². The molecule has 0 N–H and O–H groups in total. The lowest BCUT2D eigenvalue weighted by Gasteiger charge is -2.15. The minimum atomic E-state index is 0.659. The van der Waals surface area contributed by atoms with E-state index in [4.69, 9.17) is 9.97 Å². The van der Waals surface area contributed by atoms with Gasteiger partial charge in [0.15, 0.2) is 5.82 Å². The molecule has 54 heavy (non-hydrogen) atoms. The molecule has 3 nitrogen and oxygen atoms in total. The second-order valence-corrected chi connectivity index (χ2v) is 13.7. The van der Waals surface area contributed by atoms with E-state index >= 15 is 0 Å². The van der Waals surface area contributed by atoms with Crippen LogP contribution in [0.2, 0.25) is 0 Å². The maximum Gasteiger partial charge on any atom is 0.160 e. The first-order valence-corrected chi connectivity index (χ1v) is 18.1. The summed E-state index contributed by atoms with van der Waals surface area (Å²) in [5.41, 5.74) is 17.5. The second kappa shape index (κ2) is 13.0. The topological polar surface area (TPSA) is 49.6 Å². The molecule has 250 valence electrons. The number of hydrogen-bond acceptors (Lipinski definition) is 3. The van der Waals surface area contributed by atoms with Gasteiger partial charge in [-0.1, -0.05) is 170 Å². The van der Waals surface area contributed by atoms with Crippen LogP contribution in [-0.4, -0.2) is 9.97 Å². The first-order chi connectivity index (χ1) is 26.7. The van der Waals surface area contributed by atoms with Gasteiger partial charge in [-0.2, -0.15) is 5.26 Å². The molecule has 0 radical (unpaired) electrons. The Morgan fingerprint density at radius 3 is 1.22 bits per heavy atom. The largest absolute Gasteiger partial charge is 0.228 e. The SMILES string of the molecule is N#Cc1ccc(-c2ccc3c4c(ccc(-c5ccc(-c6ccc(-c7cc(-c8ccccc8)nc(-c8ccccc8)n7)cc6)cc5)c24)-c2ccccc2-3)cc1. The van der Waals surface area contributed by atoms with Crippen molar-refractivity contribution < 1.29 is 0 Å². The van der Waals surface area contributed by atoms with Gasteiger partial charge in [0, 0.05) is 16.7 Å². The lowest BCUT2D eigenvalue weighted by molar-refractivity contribution is 1.18. The van der Waals surface area contributed by atoms with Crippen LogP contribution in [0.3, 0.4) is 0 Å². The van der Waals surface area contributed by atoms with Crippen molar-refractivity contribution in [1.82, 2.24) is 9.97 Å². The normalized spacial score (nSPS) is 11.3. The summed E-state index contributed by atoms with van der Waals surface area (Å²) in [5, 5.41) is 12.0. The fourth-order valence-electron chi connectivity index (χ4n) is 7.85. The summed E-state index contributed by atoms with van der Waals surface area (Å²) in [7, 11) is 0. The van der Waals surface area contributed by atoms with E-state index in [9.17, 15) is 5.26 Å². The Hall–Kier alpha value is -7.41. The fraction of sp³-hybridized carbons (Fsp3) is 0. The molecular weight excluding hydrogens is 655 g/mol. The van der Waals surface area contributed by atoms with Gasteiger partial charge in [-0.15, -0.1) is 0 Å². The van der Waals surface area contributed by atoms with Gasteiger partial charge in [-0.3, -0.25) is 0 Å². The molecule has 0 unspecified atom stereocenters. The molecule has 0 spiro atoms. The van der Waals surface area contributed by atoms with Crippen LogP contribution in [0, 0.1) is 11.3 Å². The van der Waals surface area contributed by atoms with Crippen molar-refractivity contribution in [3.8, 4) is 95.6 Å². The van der Waals surface area contributed by atoms with Crippen LogP contribution in [0.15, 0.2) is 188 Å². The molecule has 0 bridgehead atoms. The van der Waals surface area contributed by atoms with Crippen molar-refractivity contribution in [2.45, 2.75) is 0 Å². The molecular formula is C51H31N3. The molecule has 0 atom stereocenters. The maximum absolute atomic E-state index is 9.46. The Balaban J connectivity index is 1.03. The highest BCUT2D eigenvalue weighted by Crippen LogP contribution is 2.52. The molecule has 0 aliphatic heterocycles. The quantitative estimate of drug-likeness (QED) is 0.175. The molecule has 0 saturated carbocycles. The highest BCUT2D eigenvalue weighted by Gasteiger charge is 2.24. The van der Waals surface area contributed by atoms with E-state index in [0.717, 1.165) is 55.9 Å². The van der Waals surface area contributed by atoms with Crippen molar-refractivity contribution in [2.24, 2.45) is 0 Å². The van der Waals surface area contributed by atoms with E-state index < -0.39 is 0 Å². The van der Waals surface area contributed by atoms with Crippen LogP contribution in [0.4, 0.5) is 0 Å². The van der Waals surface area contributed by atoms with Crippen LogP contribution in [0.5, 0.6) is 0 Å². The summed E-state index contributed by atoms with van der Waals surface area (Å²) in [6, 6.07) is 68.0. The number of nitriles is 1. The number of rotatable bonds is 6. The summed E-state index contributed by atoms with van der Waals surface area (Å²) in [5.74, 6) is 0.709. The highest BCUT2D eigenvalue weighted by molar-refractivity contribution is 6.22. The minimum absolute atomic E-state index is 0.659. The van der Waals surface area contributed by atoms with E-state index in [2.05, 4.69) is 146 Å². The van der Waals surface area contributed by atoms with E-state index in [1.165, 1.54) is 38.6 Å². The zero-order chi connectivity index (χ0) is 36.0. The molecule has 10 rings (SSSR count). The average Bonchev–Trinajstić information content (AvgIpc) is 3.59. The number of nitrogens with zero attached hydrogens (tertiary/aromatic N) is 3. The lowest BCUT2D eigenvalue weighted by Crippen LogP contribution is -1.95. The molecule has 9 aromatic rings. The molecule has 1 aromatic heterocycles. The van der Waals surface area contributed by atoms with Gasteiger partial charge in [0.2, 0.25) is 0 Å². The molecule has 0 fully saturated rings. The number of hydrogen-bond donors (Lipinski definition) is 0. The minimum Gasteiger partial charge on any atom is -0.228 e. The van der Waals surface area contributed by atoms with Gasteiger partial charge >= 0.3 is 0 Å². The van der Waals surface area contributed by atoms with Crippen molar-refractivity contribution >= 4 is 10.8 Å². The van der Waals surface area contributed by atoms with E-state index in [1.54, 1.807) is 0 Å². The highest BCUT2D eigenvalue weighted by atomic mass is 14.9. The zero-order valence-corrected chi connectivity index (χ0v) is 29.2. The van der Waals surface area contributed by atoms with E-state index in [0.29, 0.717) is 11.4 Å². The molecule has 0 amide bonds.